The van der Waals surface area contributed by atoms with E-state index in [1.165, 1.54) is 6.07 Å². The highest BCUT2D eigenvalue weighted by molar-refractivity contribution is 6.11. The van der Waals surface area contributed by atoms with Crippen molar-refractivity contribution >= 4 is 17.6 Å². The second-order valence-corrected chi connectivity index (χ2v) is 6.42. The maximum absolute atomic E-state index is 14.0. The second-order valence-electron chi connectivity index (χ2n) is 6.42. The van der Waals surface area contributed by atoms with E-state index in [-0.39, 0.29) is 23.5 Å². The van der Waals surface area contributed by atoms with E-state index >= 15 is 0 Å². The van der Waals surface area contributed by atoms with Gasteiger partial charge >= 0.3 is 5.97 Å². The quantitative estimate of drug-likeness (QED) is 0.511. The zero-order valence-electron chi connectivity index (χ0n) is 15.6. The second kappa shape index (κ2) is 8.66. The lowest BCUT2D eigenvalue weighted by atomic mass is 10.0. The maximum atomic E-state index is 14.0. The van der Waals surface area contributed by atoms with Crippen LogP contribution >= 0.6 is 0 Å². The Morgan fingerprint density at radius 3 is 2.30 bits per heavy atom. The number of aromatic nitrogens is 1. The van der Waals surface area contributed by atoms with Gasteiger partial charge in [-0.25, -0.2) is 8.78 Å². The first-order valence-corrected chi connectivity index (χ1v) is 8.81. The number of hydrogen-bond donors (Lipinski definition) is 3. The Bertz CT molecular complexity index is 1170. The van der Waals surface area contributed by atoms with Gasteiger partial charge in [-0.1, -0.05) is 12.1 Å². The summed E-state index contributed by atoms with van der Waals surface area (Å²) in [6.45, 7) is 0.109. The fourth-order valence-electron chi connectivity index (χ4n) is 2.91. The molecule has 154 valence electrons. The smallest absolute Gasteiger partial charge is 0.317 e. The van der Waals surface area contributed by atoms with Crippen molar-refractivity contribution in [1.29, 1.82) is 0 Å². The van der Waals surface area contributed by atoms with E-state index in [0.29, 0.717) is 18.3 Å². The summed E-state index contributed by atoms with van der Waals surface area (Å²) in [5, 5.41) is 11.4. The Balaban J connectivity index is 1.94. The molecule has 0 atom stereocenters. The monoisotopic (exact) mass is 413 g/mol. The third kappa shape index (κ3) is 4.41. The van der Waals surface area contributed by atoms with Gasteiger partial charge in [0.15, 0.2) is 5.78 Å². The normalized spacial score (nSPS) is 10.7. The van der Waals surface area contributed by atoms with Crippen LogP contribution in [0.5, 0.6) is 0 Å². The van der Waals surface area contributed by atoms with E-state index < -0.39 is 28.9 Å². The van der Waals surface area contributed by atoms with Gasteiger partial charge in [0.25, 0.3) is 5.56 Å². The van der Waals surface area contributed by atoms with E-state index in [2.05, 4.69) is 5.32 Å². The van der Waals surface area contributed by atoms with Crippen molar-refractivity contribution in [3.8, 4) is 5.69 Å². The number of anilines is 1. The van der Waals surface area contributed by atoms with Gasteiger partial charge in [-0.2, -0.15) is 0 Å². The van der Waals surface area contributed by atoms with Gasteiger partial charge in [0, 0.05) is 18.7 Å². The summed E-state index contributed by atoms with van der Waals surface area (Å²) in [5.41, 5.74) is 6.22. The average molecular weight is 413 g/mol. The van der Waals surface area contributed by atoms with Crippen molar-refractivity contribution in [2.45, 2.75) is 6.54 Å². The molecule has 0 aliphatic carbocycles. The van der Waals surface area contributed by atoms with Crippen LogP contribution in [0.1, 0.15) is 21.5 Å². The SMILES string of the molecule is Nc1c(C(=O)c2ccc(F)cc2F)ccc(=O)n1-c1ccc(CNCC(=O)O)cc1. The van der Waals surface area contributed by atoms with Crippen molar-refractivity contribution in [3.63, 3.8) is 0 Å². The first kappa shape index (κ1) is 20.9. The number of nitrogens with zero attached hydrogens (tertiary/aromatic N) is 1. The van der Waals surface area contributed by atoms with Crippen molar-refractivity contribution in [1.82, 2.24) is 9.88 Å². The Morgan fingerprint density at radius 1 is 1.00 bits per heavy atom. The number of hydrogen-bond acceptors (Lipinski definition) is 5. The first-order valence-electron chi connectivity index (χ1n) is 8.81. The molecular weight excluding hydrogens is 396 g/mol. The molecule has 0 saturated carbocycles. The number of pyridine rings is 1. The number of carboxylic acid groups (broad SMARTS) is 1. The summed E-state index contributed by atoms with van der Waals surface area (Å²) in [6, 6.07) is 11.4. The number of nitrogens with one attached hydrogen (secondary N) is 1. The Kier molecular flexibility index (Phi) is 6.03. The zero-order chi connectivity index (χ0) is 21.8. The number of carbonyl (C=O) groups is 2. The Labute approximate surface area is 169 Å². The van der Waals surface area contributed by atoms with E-state index in [0.717, 1.165) is 28.3 Å². The van der Waals surface area contributed by atoms with Crippen LogP contribution in [-0.2, 0) is 11.3 Å². The summed E-state index contributed by atoms with van der Waals surface area (Å²) in [5.74, 6) is -3.80. The minimum Gasteiger partial charge on any atom is -0.480 e. The van der Waals surface area contributed by atoms with Gasteiger partial charge in [0.05, 0.1) is 23.4 Å². The van der Waals surface area contributed by atoms with Gasteiger partial charge in [0.1, 0.15) is 17.5 Å². The first-order chi connectivity index (χ1) is 14.3. The van der Waals surface area contributed by atoms with E-state index in [4.69, 9.17) is 10.8 Å². The van der Waals surface area contributed by atoms with Crippen molar-refractivity contribution in [2.75, 3.05) is 12.3 Å². The minimum absolute atomic E-state index is 0.104. The Morgan fingerprint density at radius 2 is 1.67 bits per heavy atom. The number of benzene rings is 2. The number of aliphatic carboxylic acids is 1. The minimum atomic E-state index is -1.03. The number of rotatable bonds is 7. The molecule has 3 rings (SSSR count). The van der Waals surface area contributed by atoms with E-state index in [1.807, 2.05) is 0 Å². The lowest BCUT2D eigenvalue weighted by molar-refractivity contribution is -0.136. The van der Waals surface area contributed by atoms with Gasteiger partial charge < -0.3 is 16.2 Å². The molecule has 0 unspecified atom stereocenters. The lowest BCUT2D eigenvalue weighted by Crippen LogP contribution is -2.24. The summed E-state index contributed by atoms with van der Waals surface area (Å²) >= 11 is 0. The summed E-state index contributed by atoms with van der Waals surface area (Å²) < 4.78 is 28.2. The Hall–Kier alpha value is -3.85. The van der Waals surface area contributed by atoms with Gasteiger partial charge in [-0.05, 0) is 35.9 Å². The van der Waals surface area contributed by atoms with Crippen molar-refractivity contribution in [2.24, 2.45) is 0 Å². The number of halogens is 2. The standard InChI is InChI=1S/C21H17F2N3O4/c22-13-3-6-15(17(23)9-13)20(30)16-7-8-18(27)26(21(16)24)14-4-1-12(2-5-14)10-25-11-19(28)29/h1-9,25H,10-11,24H2,(H,28,29). The van der Waals surface area contributed by atoms with Crippen LogP contribution in [0.4, 0.5) is 14.6 Å². The topological polar surface area (TPSA) is 114 Å². The molecule has 0 radical (unpaired) electrons. The van der Waals surface area contributed by atoms with Gasteiger partial charge in [-0.3, -0.25) is 19.0 Å². The van der Waals surface area contributed by atoms with Gasteiger partial charge in [-0.15, -0.1) is 0 Å². The largest absolute Gasteiger partial charge is 0.480 e. The molecule has 1 heterocycles. The summed E-state index contributed by atoms with van der Waals surface area (Å²) in [6.07, 6.45) is 0. The van der Waals surface area contributed by atoms with Crippen LogP contribution in [0.15, 0.2) is 59.4 Å². The molecule has 4 N–H and O–H groups in total. The van der Waals surface area contributed by atoms with Crippen molar-refractivity contribution < 1.29 is 23.5 Å². The van der Waals surface area contributed by atoms with Crippen LogP contribution in [0.25, 0.3) is 5.69 Å². The molecule has 3 aromatic rings. The molecule has 0 aliphatic heterocycles. The van der Waals surface area contributed by atoms with Crippen LogP contribution in [0, 0.1) is 11.6 Å². The maximum Gasteiger partial charge on any atom is 0.317 e. The van der Waals surface area contributed by atoms with E-state index in [9.17, 15) is 23.2 Å². The fraction of sp³-hybridized carbons (Fsp3) is 0.0952. The molecule has 7 nitrogen and oxygen atoms in total. The molecule has 0 saturated heterocycles. The number of carboxylic acids is 1. The highest BCUT2D eigenvalue weighted by atomic mass is 19.1. The highest BCUT2D eigenvalue weighted by Gasteiger charge is 2.20. The zero-order valence-corrected chi connectivity index (χ0v) is 15.6. The highest BCUT2D eigenvalue weighted by Crippen LogP contribution is 2.21. The van der Waals surface area contributed by atoms with Crippen molar-refractivity contribution in [3.05, 3.63) is 93.3 Å². The average Bonchev–Trinajstić information content (AvgIpc) is 2.68. The van der Waals surface area contributed by atoms with Crippen LogP contribution in [0.3, 0.4) is 0 Å². The van der Waals surface area contributed by atoms with Gasteiger partial charge in [0.2, 0.25) is 0 Å². The molecule has 0 fully saturated rings. The summed E-state index contributed by atoms with van der Waals surface area (Å²) in [7, 11) is 0. The molecular formula is C21H17F2N3O4. The molecule has 0 bridgehead atoms. The van der Waals surface area contributed by atoms with Crippen LogP contribution < -0.4 is 16.6 Å². The predicted molar refractivity (Wildman–Crippen MR) is 106 cm³/mol. The van der Waals surface area contributed by atoms with Crippen LogP contribution in [-0.4, -0.2) is 28.0 Å². The van der Waals surface area contributed by atoms with Crippen LogP contribution in [0.2, 0.25) is 0 Å². The molecule has 9 heteroatoms. The summed E-state index contributed by atoms with van der Waals surface area (Å²) in [4.78, 5) is 35.6. The molecule has 2 aromatic carbocycles. The number of ketones is 1. The predicted octanol–water partition coefficient (Wildman–Crippen LogP) is 2.10. The molecule has 1 aromatic heterocycles. The molecule has 0 aliphatic rings. The molecule has 0 spiro atoms. The number of nitrogen functional groups attached to an aromatic ring is 1. The van der Waals surface area contributed by atoms with E-state index in [1.54, 1.807) is 24.3 Å². The molecule has 30 heavy (non-hydrogen) atoms. The fourth-order valence-corrected chi connectivity index (χ4v) is 2.91. The number of nitrogens with two attached hydrogens (primary N) is 1. The molecule has 0 amide bonds. The number of carbonyl (C=O) groups excluding carboxylic acids is 1. The lowest BCUT2D eigenvalue weighted by Gasteiger charge is -2.14. The third-order valence-corrected chi connectivity index (χ3v) is 4.35. The third-order valence-electron chi connectivity index (χ3n) is 4.35.